The maximum atomic E-state index is 11.8. The Morgan fingerprint density at radius 2 is 2.16 bits per heavy atom. The molecule has 0 radical (unpaired) electrons. The van der Waals surface area contributed by atoms with Crippen molar-refractivity contribution in [2.75, 3.05) is 39.3 Å². The molecule has 110 valence electrons. The minimum atomic E-state index is 0.130. The molecule has 1 amide bonds. The van der Waals surface area contributed by atoms with Gasteiger partial charge in [-0.25, -0.2) is 0 Å². The summed E-state index contributed by atoms with van der Waals surface area (Å²) < 4.78 is 0. The van der Waals surface area contributed by atoms with Crippen LogP contribution in [-0.4, -0.2) is 67.1 Å². The zero-order valence-corrected chi connectivity index (χ0v) is 12.1. The average Bonchev–Trinajstić information content (AvgIpc) is 2.74. The highest BCUT2D eigenvalue weighted by molar-refractivity contribution is 5.76. The number of nitrogens with one attached hydrogen (secondary N) is 1. The van der Waals surface area contributed by atoms with Gasteiger partial charge in [0, 0.05) is 38.1 Å². The molecule has 0 bridgehead atoms. The van der Waals surface area contributed by atoms with Gasteiger partial charge in [-0.05, 0) is 45.8 Å². The van der Waals surface area contributed by atoms with Gasteiger partial charge in [0.1, 0.15) is 0 Å². The van der Waals surface area contributed by atoms with E-state index in [1.807, 2.05) is 6.92 Å². The summed E-state index contributed by atoms with van der Waals surface area (Å²) in [6, 6.07) is 0.887. The fraction of sp³-hybridized carbons (Fsp3) is 0.929. The first-order valence-corrected chi connectivity index (χ1v) is 7.69. The molecule has 0 saturated carbocycles. The van der Waals surface area contributed by atoms with Gasteiger partial charge < -0.3 is 11.1 Å². The maximum Gasteiger partial charge on any atom is 0.221 e. The molecule has 3 N–H and O–H groups in total. The van der Waals surface area contributed by atoms with Gasteiger partial charge in [-0.1, -0.05) is 0 Å². The van der Waals surface area contributed by atoms with Crippen molar-refractivity contribution in [3.63, 3.8) is 0 Å². The van der Waals surface area contributed by atoms with Crippen molar-refractivity contribution in [1.82, 2.24) is 15.1 Å². The van der Waals surface area contributed by atoms with Gasteiger partial charge in [-0.15, -0.1) is 0 Å². The molecule has 0 aromatic rings. The Labute approximate surface area is 116 Å². The molecule has 2 atom stereocenters. The standard InChI is InChI=1S/C14H28N4O/c1-2-16-14(19)9-13(10-15)18-8-4-7-17-6-3-5-12(17)11-18/h12-13H,2-11,15H2,1H3,(H,16,19). The topological polar surface area (TPSA) is 61.6 Å². The molecule has 2 rings (SSSR count). The third kappa shape index (κ3) is 3.91. The number of hydrogen-bond acceptors (Lipinski definition) is 4. The van der Waals surface area contributed by atoms with Gasteiger partial charge in [0.2, 0.25) is 5.91 Å². The Morgan fingerprint density at radius 3 is 2.89 bits per heavy atom. The predicted octanol–water partition coefficient (Wildman–Crippen LogP) is 0.0100. The predicted molar refractivity (Wildman–Crippen MR) is 76.9 cm³/mol. The summed E-state index contributed by atoms with van der Waals surface area (Å²) in [7, 11) is 0. The van der Waals surface area contributed by atoms with Crippen LogP contribution in [-0.2, 0) is 4.79 Å². The van der Waals surface area contributed by atoms with Crippen LogP contribution in [0.2, 0.25) is 0 Å². The molecule has 2 saturated heterocycles. The van der Waals surface area contributed by atoms with Crippen molar-refractivity contribution < 1.29 is 4.79 Å². The van der Waals surface area contributed by atoms with Gasteiger partial charge in [0.15, 0.2) is 0 Å². The van der Waals surface area contributed by atoms with E-state index in [4.69, 9.17) is 5.73 Å². The first-order valence-electron chi connectivity index (χ1n) is 7.69. The summed E-state index contributed by atoms with van der Waals surface area (Å²) in [4.78, 5) is 16.8. The van der Waals surface area contributed by atoms with E-state index in [-0.39, 0.29) is 11.9 Å². The van der Waals surface area contributed by atoms with Crippen LogP contribution in [0.25, 0.3) is 0 Å². The van der Waals surface area contributed by atoms with Gasteiger partial charge in [0.05, 0.1) is 0 Å². The second-order valence-electron chi connectivity index (χ2n) is 5.73. The van der Waals surface area contributed by atoms with E-state index in [2.05, 4.69) is 15.1 Å². The molecule has 0 aromatic carbocycles. The molecule has 5 heteroatoms. The van der Waals surface area contributed by atoms with Crippen molar-refractivity contribution in [1.29, 1.82) is 0 Å². The third-order valence-corrected chi connectivity index (χ3v) is 4.42. The lowest BCUT2D eigenvalue weighted by Gasteiger charge is -2.31. The van der Waals surface area contributed by atoms with Gasteiger partial charge >= 0.3 is 0 Å². The van der Waals surface area contributed by atoms with Crippen molar-refractivity contribution in [2.45, 2.75) is 44.7 Å². The number of amides is 1. The third-order valence-electron chi connectivity index (χ3n) is 4.42. The lowest BCUT2D eigenvalue weighted by atomic mass is 10.1. The van der Waals surface area contributed by atoms with E-state index >= 15 is 0 Å². The highest BCUT2D eigenvalue weighted by Crippen LogP contribution is 2.22. The first kappa shape index (κ1) is 14.8. The van der Waals surface area contributed by atoms with E-state index in [9.17, 15) is 4.79 Å². The number of rotatable bonds is 5. The van der Waals surface area contributed by atoms with E-state index in [0.29, 0.717) is 25.6 Å². The van der Waals surface area contributed by atoms with E-state index < -0.39 is 0 Å². The summed E-state index contributed by atoms with van der Waals surface area (Å²) in [5.74, 6) is 0.130. The summed E-state index contributed by atoms with van der Waals surface area (Å²) in [6.07, 6.45) is 4.36. The number of carbonyl (C=O) groups excluding carboxylic acids is 1. The molecular weight excluding hydrogens is 240 g/mol. The molecule has 5 nitrogen and oxygen atoms in total. The Kier molecular flexibility index (Phi) is 5.60. The van der Waals surface area contributed by atoms with Crippen LogP contribution in [0.4, 0.5) is 0 Å². The molecule has 0 aliphatic carbocycles. The Hall–Kier alpha value is -0.650. The van der Waals surface area contributed by atoms with Gasteiger partial charge in [-0.2, -0.15) is 0 Å². The molecule has 2 fully saturated rings. The van der Waals surface area contributed by atoms with Crippen LogP contribution >= 0.6 is 0 Å². The largest absolute Gasteiger partial charge is 0.356 e. The van der Waals surface area contributed by atoms with Crippen LogP contribution in [0, 0.1) is 0 Å². The van der Waals surface area contributed by atoms with Crippen LogP contribution in [0.15, 0.2) is 0 Å². The van der Waals surface area contributed by atoms with E-state index in [1.54, 1.807) is 0 Å². The smallest absolute Gasteiger partial charge is 0.221 e. The fourth-order valence-electron chi connectivity index (χ4n) is 3.41. The second kappa shape index (κ2) is 7.22. The number of nitrogens with zero attached hydrogens (tertiary/aromatic N) is 2. The summed E-state index contributed by atoms with van der Waals surface area (Å²) in [5, 5.41) is 2.88. The fourth-order valence-corrected chi connectivity index (χ4v) is 3.41. The molecule has 19 heavy (non-hydrogen) atoms. The monoisotopic (exact) mass is 268 g/mol. The van der Waals surface area contributed by atoms with E-state index in [1.165, 1.54) is 32.4 Å². The van der Waals surface area contributed by atoms with Crippen LogP contribution < -0.4 is 11.1 Å². The maximum absolute atomic E-state index is 11.8. The molecule has 2 aliphatic rings. The molecule has 0 aromatic heterocycles. The number of carbonyl (C=O) groups is 1. The minimum absolute atomic E-state index is 0.130. The van der Waals surface area contributed by atoms with Crippen LogP contribution in [0.5, 0.6) is 0 Å². The summed E-state index contributed by atoms with van der Waals surface area (Å²) >= 11 is 0. The zero-order valence-electron chi connectivity index (χ0n) is 12.1. The Morgan fingerprint density at radius 1 is 1.37 bits per heavy atom. The van der Waals surface area contributed by atoms with Crippen molar-refractivity contribution in [3.05, 3.63) is 0 Å². The molecule has 0 spiro atoms. The normalized spacial score (nSPS) is 26.7. The molecule has 2 heterocycles. The van der Waals surface area contributed by atoms with Crippen LogP contribution in [0.1, 0.15) is 32.6 Å². The second-order valence-corrected chi connectivity index (χ2v) is 5.73. The Bertz CT molecular complexity index is 297. The summed E-state index contributed by atoms with van der Waals surface area (Å²) in [6.45, 7) is 7.85. The SMILES string of the molecule is CCNC(=O)CC(CN)N1CCCN2CCCC2C1. The van der Waals surface area contributed by atoms with E-state index in [0.717, 1.165) is 13.1 Å². The van der Waals surface area contributed by atoms with Gasteiger partial charge in [-0.3, -0.25) is 14.6 Å². The molecule has 2 aliphatic heterocycles. The zero-order chi connectivity index (χ0) is 13.7. The van der Waals surface area contributed by atoms with Crippen molar-refractivity contribution >= 4 is 5.91 Å². The lowest BCUT2D eigenvalue weighted by molar-refractivity contribution is -0.122. The van der Waals surface area contributed by atoms with Crippen LogP contribution in [0.3, 0.4) is 0 Å². The quantitative estimate of drug-likeness (QED) is 0.737. The van der Waals surface area contributed by atoms with Crippen molar-refractivity contribution in [3.8, 4) is 0 Å². The highest BCUT2D eigenvalue weighted by atomic mass is 16.1. The summed E-state index contributed by atoms with van der Waals surface area (Å²) in [5.41, 5.74) is 5.90. The van der Waals surface area contributed by atoms with Crippen molar-refractivity contribution in [2.24, 2.45) is 5.73 Å². The first-order chi connectivity index (χ1) is 9.24. The minimum Gasteiger partial charge on any atom is -0.356 e. The number of nitrogens with two attached hydrogens (primary N) is 1. The van der Waals surface area contributed by atoms with Gasteiger partial charge in [0.25, 0.3) is 0 Å². The average molecular weight is 268 g/mol. The number of fused-ring (bicyclic) bond motifs is 1. The Balaban J connectivity index is 1.91. The molecule has 2 unspecified atom stereocenters. The molecular formula is C14H28N4O. The lowest BCUT2D eigenvalue weighted by Crippen LogP contribution is -2.47. The highest BCUT2D eigenvalue weighted by Gasteiger charge is 2.31. The number of hydrogen-bond donors (Lipinski definition) is 2.